The molecule has 0 radical (unpaired) electrons. The quantitative estimate of drug-likeness (QED) is 0.157. The molecule has 0 spiro atoms. The molecule has 0 aliphatic rings. The molecule has 0 saturated carbocycles. The molecule has 0 unspecified atom stereocenters. The van der Waals surface area contributed by atoms with Crippen LogP contribution in [-0.4, -0.2) is 53.8 Å². The lowest BCUT2D eigenvalue weighted by Crippen LogP contribution is -2.39. The number of sulfonamides is 1. The number of hydrogen-bond donors (Lipinski definition) is 2. The molecule has 0 heterocycles. The average Bonchev–Trinajstić information content (AvgIpc) is 3.07. The molecule has 1 atom stereocenters. The summed E-state index contributed by atoms with van der Waals surface area (Å²) < 4.78 is 44.3. The maximum atomic E-state index is 13.6. The van der Waals surface area contributed by atoms with E-state index in [4.69, 9.17) is 14.2 Å². The van der Waals surface area contributed by atoms with E-state index in [-0.39, 0.29) is 29.1 Å². The van der Waals surface area contributed by atoms with Gasteiger partial charge in [-0.1, -0.05) is 48.5 Å². The lowest BCUT2D eigenvalue weighted by molar-refractivity contribution is -0.123. The van der Waals surface area contributed by atoms with E-state index in [9.17, 15) is 18.0 Å². The van der Waals surface area contributed by atoms with Gasteiger partial charge in [-0.15, -0.1) is 0 Å². The number of nitrogens with zero attached hydrogens (tertiary/aromatic N) is 2. The van der Waals surface area contributed by atoms with Crippen molar-refractivity contribution in [2.45, 2.75) is 17.9 Å². The highest BCUT2D eigenvalue weighted by molar-refractivity contribution is 7.92. The largest absolute Gasteiger partial charge is 0.493 e. The lowest BCUT2D eigenvalue weighted by atomic mass is 10.1. The number of carbonyl (C=O) groups is 2. The van der Waals surface area contributed by atoms with E-state index in [0.717, 1.165) is 9.87 Å². The summed E-state index contributed by atoms with van der Waals surface area (Å²) in [6.07, 6.45) is 1.41. The third kappa shape index (κ3) is 8.83. The Bertz CT molecular complexity index is 1720. The van der Waals surface area contributed by atoms with Gasteiger partial charge in [0.1, 0.15) is 12.3 Å². The van der Waals surface area contributed by atoms with Crippen LogP contribution in [0, 0.1) is 0 Å². The van der Waals surface area contributed by atoms with Crippen LogP contribution in [0.4, 0.5) is 5.69 Å². The molecule has 11 nitrogen and oxygen atoms in total. The Balaban J connectivity index is 1.36. The molecule has 0 saturated heterocycles. The van der Waals surface area contributed by atoms with Crippen molar-refractivity contribution in [3.8, 4) is 17.2 Å². The Morgan fingerprint density at radius 3 is 2.13 bits per heavy atom. The van der Waals surface area contributed by atoms with Crippen LogP contribution in [0.15, 0.2) is 113 Å². The zero-order chi connectivity index (χ0) is 32.2. The minimum atomic E-state index is -4.13. The van der Waals surface area contributed by atoms with Gasteiger partial charge in [-0.05, 0) is 66.6 Å². The number of benzene rings is 4. The second-order valence-electron chi connectivity index (χ2n) is 9.71. The van der Waals surface area contributed by atoms with Gasteiger partial charge in [0.15, 0.2) is 18.1 Å². The number of methoxy groups -OCH3 is 2. The van der Waals surface area contributed by atoms with Crippen LogP contribution in [0.2, 0.25) is 0 Å². The van der Waals surface area contributed by atoms with Crippen LogP contribution in [0.1, 0.15) is 24.1 Å². The first-order valence-corrected chi connectivity index (χ1v) is 15.3. The zero-order valence-electron chi connectivity index (χ0n) is 25.0. The number of rotatable bonds is 14. The fraction of sp³-hybridized carbons (Fsp3) is 0.182. The van der Waals surface area contributed by atoms with Gasteiger partial charge in [0, 0.05) is 6.07 Å². The highest BCUT2D eigenvalue weighted by Gasteiger charge is 2.28. The maximum Gasteiger partial charge on any atom is 0.264 e. The van der Waals surface area contributed by atoms with Gasteiger partial charge in [0.05, 0.1) is 37.1 Å². The SMILES string of the molecule is COc1ccc(N(CC(=O)N/N=C\c2ccc(OCC(=O)N[C@H](C)c3ccccc3)cc2)S(=O)(=O)c2ccccc2)cc1OC. The van der Waals surface area contributed by atoms with Crippen molar-refractivity contribution in [2.75, 3.05) is 31.7 Å². The summed E-state index contributed by atoms with van der Waals surface area (Å²) in [6, 6.07) is 28.6. The van der Waals surface area contributed by atoms with Crippen molar-refractivity contribution in [1.82, 2.24) is 10.7 Å². The summed E-state index contributed by atoms with van der Waals surface area (Å²) in [7, 11) is -1.23. The molecule has 4 aromatic rings. The molecule has 2 amide bonds. The highest BCUT2D eigenvalue weighted by atomic mass is 32.2. The Labute approximate surface area is 262 Å². The summed E-state index contributed by atoms with van der Waals surface area (Å²) in [5, 5.41) is 6.86. The smallest absolute Gasteiger partial charge is 0.264 e. The second-order valence-corrected chi connectivity index (χ2v) is 11.6. The van der Waals surface area contributed by atoms with E-state index in [1.54, 1.807) is 48.5 Å². The third-order valence-electron chi connectivity index (χ3n) is 6.60. The zero-order valence-corrected chi connectivity index (χ0v) is 25.9. The van der Waals surface area contributed by atoms with E-state index in [1.807, 2.05) is 37.3 Å². The van der Waals surface area contributed by atoms with Crippen molar-refractivity contribution in [2.24, 2.45) is 5.10 Å². The Morgan fingerprint density at radius 1 is 0.844 bits per heavy atom. The van der Waals surface area contributed by atoms with Crippen LogP contribution in [0.25, 0.3) is 0 Å². The van der Waals surface area contributed by atoms with Crippen molar-refractivity contribution in [3.63, 3.8) is 0 Å². The normalized spacial score (nSPS) is 11.8. The summed E-state index contributed by atoms with van der Waals surface area (Å²) in [6.45, 7) is 1.20. The van der Waals surface area contributed by atoms with E-state index < -0.39 is 22.5 Å². The van der Waals surface area contributed by atoms with E-state index >= 15 is 0 Å². The molecule has 234 valence electrons. The number of nitrogens with one attached hydrogen (secondary N) is 2. The number of carbonyl (C=O) groups excluding carboxylic acids is 2. The minimum Gasteiger partial charge on any atom is -0.493 e. The van der Waals surface area contributed by atoms with Gasteiger partial charge in [0.2, 0.25) is 0 Å². The Morgan fingerprint density at radius 2 is 1.49 bits per heavy atom. The van der Waals surface area contributed by atoms with E-state index in [1.165, 1.54) is 44.7 Å². The summed E-state index contributed by atoms with van der Waals surface area (Å²) >= 11 is 0. The van der Waals surface area contributed by atoms with E-state index in [2.05, 4.69) is 15.8 Å². The standard InChI is InChI=1S/C33H34N4O7S/c1-24(26-10-6-4-7-11-26)35-33(39)23-44-28-17-14-25(15-18-28)21-34-36-32(38)22-37(45(40,41)29-12-8-5-9-13-29)27-16-19-30(42-2)31(20-27)43-3/h4-21,24H,22-23H2,1-3H3,(H,35,39)(H,36,38)/b34-21-/t24-/m1/s1. The van der Waals surface area contributed by atoms with Crippen molar-refractivity contribution in [3.05, 3.63) is 114 Å². The first-order valence-electron chi connectivity index (χ1n) is 13.9. The first-order chi connectivity index (χ1) is 21.7. The molecule has 0 aliphatic carbocycles. The predicted molar refractivity (Wildman–Crippen MR) is 171 cm³/mol. The fourth-order valence-electron chi connectivity index (χ4n) is 4.27. The molecule has 45 heavy (non-hydrogen) atoms. The maximum absolute atomic E-state index is 13.6. The van der Waals surface area contributed by atoms with Crippen molar-refractivity contribution >= 4 is 33.7 Å². The average molecular weight is 631 g/mol. The number of hydrazone groups is 1. The molecule has 0 aliphatic heterocycles. The van der Waals surface area contributed by atoms with Crippen LogP contribution >= 0.6 is 0 Å². The molecular formula is C33H34N4O7S. The molecule has 12 heteroatoms. The van der Waals surface area contributed by atoms with Crippen molar-refractivity contribution in [1.29, 1.82) is 0 Å². The van der Waals surface area contributed by atoms with Gasteiger partial charge in [-0.2, -0.15) is 5.10 Å². The number of amides is 2. The fourth-order valence-corrected chi connectivity index (χ4v) is 5.70. The monoisotopic (exact) mass is 630 g/mol. The third-order valence-corrected chi connectivity index (χ3v) is 8.39. The molecule has 0 bridgehead atoms. The highest BCUT2D eigenvalue weighted by Crippen LogP contribution is 2.33. The Hall–Kier alpha value is -5.36. The van der Waals surface area contributed by atoms with Crippen LogP contribution < -0.4 is 29.3 Å². The van der Waals surface area contributed by atoms with Gasteiger partial charge in [0.25, 0.3) is 21.8 Å². The topological polar surface area (TPSA) is 136 Å². The van der Waals surface area contributed by atoms with Crippen LogP contribution in [0.3, 0.4) is 0 Å². The molecule has 4 aromatic carbocycles. The predicted octanol–water partition coefficient (Wildman–Crippen LogP) is 4.31. The first kappa shape index (κ1) is 32.6. The molecule has 0 aromatic heterocycles. The summed E-state index contributed by atoms with van der Waals surface area (Å²) in [5.74, 6) is 0.268. The minimum absolute atomic E-state index is 0.0154. The number of hydrogen-bond acceptors (Lipinski definition) is 8. The van der Waals surface area contributed by atoms with Gasteiger partial charge in [-0.3, -0.25) is 13.9 Å². The summed E-state index contributed by atoms with van der Waals surface area (Å²) in [5.41, 5.74) is 4.21. The van der Waals surface area contributed by atoms with Crippen LogP contribution in [-0.2, 0) is 19.6 Å². The van der Waals surface area contributed by atoms with E-state index in [0.29, 0.717) is 22.8 Å². The molecule has 4 rings (SSSR count). The second kappa shape index (κ2) is 15.4. The number of ether oxygens (including phenoxy) is 3. The lowest BCUT2D eigenvalue weighted by Gasteiger charge is -2.24. The molecular weight excluding hydrogens is 596 g/mol. The van der Waals surface area contributed by atoms with Crippen molar-refractivity contribution < 1.29 is 32.2 Å². The number of anilines is 1. The summed E-state index contributed by atoms with van der Waals surface area (Å²) in [4.78, 5) is 25.2. The van der Waals surface area contributed by atoms with Gasteiger partial charge >= 0.3 is 0 Å². The Kier molecular flexibility index (Phi) is 11.1. The van der Waals surface area contributed by atoms with Gasteiger partial charge < -0.3 is 19.5 Å². The van der Waals surface area contributed by atoms with Crippen LogP contribution in [0.5, 0.6) is 17.2 Å². The molecule has 0 fully saturated rings. The van der Waals surface area contributed by atoms with Gasteiger partial charge in [-0.25, -0.2) is 13.8 Å². The molecule has 2 N–H and O–H groups in total.